The molecule has 0 spiro atoms. The molecule has 4 aromatic rings. The maximum atomic E-state index is 13.5. The van der Waals surface area contributed by atoms with Gasteiger partial charge in [0.05, 0.1) is 30.3 Å². The molecule has 156 valence electrons. The molecular formula is C23H19FN4O3. The number of aromatic amines is 1. The molecule has 1 aliphatic heterocycles. The van der Waals surface area contributed by atoms with Crippen molar-refractivity contribution in [1.82, 2.24) is 19.9 Å². The first-order valence-electron chi connectivity index (χ1n) is 9.91. The van der Waals surface area contributed by atoms with Crippen molar-refractivity contribution < 1.29 is 18.6 Å². The summed E-state index contributed by atoms with van der Waals surface area (Å²) in [6, 6.07) is 17.4. The Hall–Kier alpha value is -3.62. The summed E-state index contributed by atoms with van der Waals surface area (Å²) in [5, 5.41) is 0. The molecule has 1 saturated heterocycles. The number of ether oxygens (including phenoxy) is 3. The summed E-state index contributed by atoms with van der Waals surface area (Å²) in [7, 11) is 0. The first-order chi connectivity index (χ1) is 15.3. The fourth-order valence-corrected chi connectivity index (χ4v) is 3.27. The SMILES string of the molecule is Fc1ccc(-c2nc(C3OCCCO3)[nH]c2-c2ccnc(Oc3ccccc3)n2)cc1. The van der Waals surface area contributed by atoms with Gasteiger partial charge in [0, 0.05) is 11.8 Å². The third-order valence-electron chi connectivity index (χ3n) is 4.73. The molecule has 5 rings (SSSR count). The van der Waals surface area contributed by atoms with Crippen molar-refractivity contribution in [3.8, 4) is 34.4 Å². The number of H-pyrrole nitrogens is 1. The number of para-hydroxylation sites is 1. The lowest BCUT2D eigenvalue weighted by atomic mass is 10.1. The lowest BCUT2D eigenvalue weighted by Crippen LogP contribution is -2.18. The monoisotopic (exact) mass is 418 g/mol. The predicted molar refractivity (Wildman–Crippen MR) is 111 cm³/mol. The van der Waals surface area contributed by atoms with E-state index in [1.54, 1.807) is 24.4 Å². The van der Waals surface area contributed by atoms with Crippen LogP contribution in [0.3, 0.4) is 0 Å². The second kappa shape index (κ2) is 8.63. The highest BCUT2D eigenvalue weighted by Crippen LogP contribution is 2.33. The summed E-state index contributed by atoms with van der Waals surface area (Å²) < 4.78 is 30.6. The first kappa shape index (κ1) is 19.3. The van der Waals surface area contributed by atoms with Gasteiger partial charge < -0.3 is 19.2 Å². The number of hydrogen-bond acceptors (Lipinski definition) is 6. The highest BCUT2D eigenvalue weighted by Gasteiger charge is 2.24. The Bertz CT molecular complexity index is 1160. The Morgan fingerprint density at radius 3 is 2.48 bits per heavy atom. The molecule has 8 heteroatoms. The van der Waals surface area contributed by atoms with Crippen LogP contribution in [0.25, 0.3) is 22.6 Å². The molecule has 0 bridgehead atoms. The smallest absolute Gasteiger partial charge is 0.322 e. The number of benzene rings is 2. The second-order valence-electron chi connectivity index (χ2n) is 6.92. The molecule has 0 saturated carbocycles. The van der Waals surface area contributed by atoms with Gasteiger partial charge in [-0.2, -0.15) is 4.98 Å². The standard InChI is InChI=1S/C23H19FN4O3/c24-16-9-7-15(8-10-16)19-20(28-21(27-19)22-29-13-4-14-30-22)18-11-12-25-23(26-18)31-17-5-2-1-3-6-17/h1-3,5-12,22H,4,13-14H2,(H,27,28). The highest BCUT2D eigenvalue weighted by atomic mass is 19.1. The van der Waals surface area contributed by atoms with E-state index in [2.05, 4.69) is 15.0 Å². The number of hydrogen-bond donors (Lipinski definition) is 1. The topological polar surface area (TPSA) is 82.2 Å². The second-order valence-corrected chi connectivity index (χ2v) is 6.92. The number of nitrogens with one attached hydrogen (secondary N) is 1. The van der Waals surface area contributed by atoms with Crippen molar-refractivity contribution in [2.45, 2.75) is 12.7 Å². The number of halogens is 1. The van der Waals surface area contributed by atoms with Crippen molar-refractivity contribution in [3.05, 3.63) is 78.5 Å². The Morgan fingerprint density at radius 2 is 1.71 bits per heavy atom. The van der Waals surface area contributed by atoms with Gasteiger partial charge >= 0.3 is 6.01 Å². The number of imidazole rings is 1. The summed E-state index contributed by atoms with van der Waals surface area (Å²) in [6.45, 7) is 1.18. The third kappa shape index (κ3) is 4.30. The summed E-state index contributed by atoms with van der Waals surface area (Å²) in [5.41, 5.74) is 2.56. The minimum Gasteiger partial charge on any atom is -0.424 e. The van der Waals surface area contributed by atoms with Gasteiger partial charge in [0.2, 0.25) is 6.29 Å². The van der Waals surface area contributed by atoms with Crippen LogP contribution in [0.1, 0.15) is 18.5 Å². The zero-order valence-corrected chi connectivity index (χ0v) is 16.5. The van der Waals surface area contributed by atoms with Crippen LogP contribution < -0.4 is 4.74 Å². The minimum atomic E-state index is -0.594. The van der Waals surface area contributed by atoms with Crippen molar-refractivity contribution >= 4 is 0 Å². The summed E-state index contributed by atoms with van der Waals surface area (Å²) in [5.74, 6) is 0.839. The average molecular weight is 418 g/mol. The highest BCUT2D eigenvalue weighted by molar-refractivity contribution is 5.76. The summed E-state index contributed by atoms with van der Waals surface area (Å²) in [6.07, 6.45) is 1.85. The van der Waals surface area contributed by atoms with Crippen molar-refractivity contribution in [1.29, 1.82) is 0 Å². The van der Waals surface area contributed by atoms with Gasteiger partial charge in [-0.15, -0.1) is 0 Å². The maximum absolute atomic E-state index is 13.5. The number of aromatic nitrogens is 4. The molecule has 31 heavy (non-hydrogen) atoms. The zero-order valence-electron chi connectivity index (χ0n) is 16.5. The van der Waals surface area contributed by atoms with E-state index in [9.17, 15) is 4.39 Å². The lowest BCUT2D eigenvalue weighted by Gasteiger charge is -2.21. The van der Waals surface area contributed by atoms with Crippen LogP contribution in [0.15, 0.2) is 66.9 Å². The minimum absolute atomic E-state index is 0.204. The Kier molecular flexibility index (Phi) is 5.39. The molecule has 1 fully saturated rings. The fourth-order valence-electron chi connectivity index (χ4n) is 3.27. The summed E-state index contributed by atoms with van der Waals surface area (Å²) in [4.78, 5) is 16.7. The Balaban J connectivity index is 1.54. The van der Waals surface area contributed by atoms with Gasteiger partial charge in [-0.25, -0.2) is 14.4 Å². The van der Waals surface area contributed by atoms with Gasteiger partial charge in [-0.1, -0.05) is 18.2 Å². The average Bonchev–Trinajstić information content (AvgIpc) is 3.27. The van der Waals surface area contributed by atoms with Crippen LogP contribution in [0, 0.1) is 5.82 Å². The van der Waals surface area contributed by atoms with E-state index < -0.39 is 6.29 Å². The van der Waals surface area contributed by atoms with E-state index in [1.807, 2.05) is 30.3 Å². The molecule has 1 N–H and O–H groups in total. The lowest BCUT2D eigenvalue weighted by molar-refractivity contribution is -0.186. The molecule has 0 radical (unpaired) electrons. The Morgan fingerprint density at radius 1 is 0.935 bits per heavy atom. The summed E-state index contributed by atoms with van der Waals surface area (Å²) >= 11 is 0. The van der Waals surface area contributed by atoms with Crippen molar-refractivity contribution in [2.75, 3.05) is 13.2 Å². The van der Waals surface area contributed by atoms with E-state index in [4.69, 9.17) is 19.2 Å². The quantitative estimate of drug-likeness (QED) is 0.496. The van der Waals surface area contributed by atoms with Crippen LogP contribution in [-0.2, 0) is 9.47 Å². The molecule has 1 aliphatic rings. The maximum Gasteiger partial charge on any atom is 0.322 e. The number of nitrogens with zero attached hydrogens (tertiary/aromatic N) is 3. The molecule has 2 aromatic heterocycles. The predicted octanol–water partition coefficient (Wildman–Crippen LogP) is 4.90. The Labute approximate surface area is 177 Å². The fraction of sp³-hybridized carbons (Fsp3) is 0.174. The molecule has 0 aliphatic carbocycles. The molecule has 0 unspecified atom stereocenters. The van der Waals surface area contributed by atoms with E-state index >= 15 is 0 Å². The zero-order chi connectivity index (χ0) is 21.0. The van der Waals surface area contributed by atoms with Gasteiger partial charge in [-0.3, -0.25) is 0 Å². The largest absolute Gasteiger partial charge is 0.424 e. The van der Waals surface area contributed by atoms with Crippen molar-refractivity contribution in [3.63, 3.8) is 0 Å². The molecule has 0 atom stereocenters. The van der Waals surface area contributed by atoms with Crippen LogP contribution in [-0.4, -0.2) is 33.1 Å². The van der Waals surface area contributed by atoms with Crippen LogP contribution in [0.4, 0.5) is 4.39 Å². The van der Waals surface area contributed by atoms with E-state index in [0.29, 0.717) is 41.9 Å². The first-order valence-corrected chi connectivity index (χ1v) is 9.91. The molecule has 2 aromatic carbocycles. The van der Waals surface area contributed by atoms with E-state index in [0.717, 1.165) is 12.0 Å². The van der Waals surface area contributed by atoms with Gasteiger partial charge in [0.25, 0.3) is 0 Å². The molecule has 0 amide bonds. The van der Waals surface area contributed by atoms with Gasteiger partial charge in [-0.05, 0) is 48.9 Å². The van der Waals surface area contributed by atoms with Crippen molar-refractivity contribution in [2.24, 2.45) is 0 Å². The van der Waals surface area contributed by atoms with Gasteiger partial charge in [0.1, 0.15) is 11.6 Å². The van der Waals surface area contributed by atoms with Gasteiger partial charge in [0.15, 0.2) is 5.82 Å². The number of rotatable bonds is 5. The van der Waals surface area contributed by atoms with Crippen LogP contribution in [0.5, 0.6) is 11.8 Å². The molecule has 3 heterocycles. The third-order valence-corrected chi connectivity index (χ3v) is 4.73. The van der Waals surface area contributed by atoms with E-state index in [-0.39, 0.29) is 11.8 Å². The van der Waals surface area contributed by atoms with E-state index in [1.165, 1.54) is 12.1 Å². The molecule has 7 nitrogen and oxygen atoms in total. The van der Waals surface area contributed by atoms with Crippen LogP contribution in [0.2, 0.25) is 0 Å². The van der Waals surface area contributed by atoms with Crippen LogP contribution >= 0.6 is 0 Å². The molecular weight excluding hydrogens is 399 g/mol. The normalized spacial score (nSPS) is 14.5.